The highest BCUT2D eigenvalue weighted by Gasteiger charge is 2.60. The number of hydrogen-bond donors (Lipinski definition) is 1. The Bertz CT molecular complexity index is 823. The molecule has 2 aliphatic carbocycles. The lowest BCUT2D eigenvalue weighted by Crippen LogP contribution is -2.40. The number of hydrazone groups is 1. The lowest BCUT2D eigenvalue weighted by atomic mass is 9.70. The van der Waals surface area contributed by atoms with Gasteiger partial charge >= 0.3 is 0 Å². The SMILES string of the molecule is CC1(C)[C@@H]2CC[C@@]1(C)/C(=N/NC(=O)CN1C(=O)c3ccccc3C1=O)C2. The number of carbonyl (C=O) groups excluding carboxylic acids is 3. The molecule has 1 aliphatic heterocycles. The van der Waals surface area contributed by atoms with E-state index < -0.39 is 17.7 Å². The van der Waals surface area contributed by atoms with Crippen molar-refractivity contribution in [2.24, 2.45) is 21.8 Å². The van der Waals surface area contributed by atoms with Gasteiger partial charge in [0.25, 0.3) is 17.7 Å². The molecule has 136 valence electrons. The Hall–Kier alpha value is -2.50. The van der Waals surface area contributed by atoms with Crippen LogP contribution in [0.2, 0.25) is 0 Å². The highest BCUT2D eigenvalue weighted by atomic mass is 16.2. The summed E-state index contributed by atoms with van der Waals surface area (Å²) in [5.74, 6) is -0.710. The first-order chi connectivity index (χ1) is 12.3. The maximum absolute atomic E-state index is 12.3. The molecule has 26 heavy (non-hydrogen) atoms. The fourth-order valence-electron chi connectivity index (χ4n) is 4.79. The van der Waals surface area contributed by atoms with E-state index in [4.69, 9.17) is 0 Å². The van der Waals surface area contributed by atoms with Gasteiger partial charge in [-0.1, -0.05) is 32.9 Å². The van der Waals surface area contributed by atoms with Crippen molar-refractivity contribution < 1.29 is 14.4 Å². The van der Waals surface area contributed by atoms with Gasteiger partial charge in [-0.3, -0.25) is 19.3 Å². The molecule has 3 amide bonds. The molecule has 0 spiro atoms. The number of fused-ring (bicyclic) bond motifs is 3. The smallest absolute Gasteiger partial charge is 0.262 e. The van der Waals surface area contributed by atoms with Gasteiger partial charge in [-0.25, -0.2) is 5.43 Å². The number of hydrogen-bond acceptors (Lipinski definition) is 4. The first kappa shape index (κ1) is 16.9. The zero-order valence-electron chi connectivity index (χ0n) is 15.3. The monoisotopic (exact) mass is 353 g/mol. The molecule has 2 saturated carbocycles. The van der Waals surface area contributed by atoms with Crippen LogP contribution in [-0.2, 0) is 4.79 Å². The number of nitrogens with one attached hydrogen (secondary N) is 1. The Balaban J connectivity index is 1.45. The van der Waals surface area contributed by atoms with Crippen molar-refractivity contribution in [2.45, 2.75) is 40.0 Å². The van der Waals surface area contributed by atoms with E-state index in [1.807, 2.05) is 0 Å². The predicted molar refractivity (Wildman–Crippen MR) is 96.6 cm³/mol. The first-order valence-electron chi connectivity index (χ1n) is 9.07. The van der Waals surface area contributed by atoms with E-state index in [0.29, 0.717) is 17.0 Å². The average Bonchev–Trinajstić information content (AvgIpc) is 3.07. The van der Waals surface area contributed by atoms with E-state index in [9.17, 15) is 14.4 Å². The molecule has 2 fully saturated rings. The zero-order chi connectivity index (χ0) is 18.7. The molecule has 1 heterocycles. The van der Waals surface area contributed by atoms with Crippen LogP contribution in [0.1, 0.15) is 60.7 Å². The van der Waals surface area contributed by atoms with Gasteiger partial charge in [0, 0.05) is 11.1 Å². The highest BCUT2D eigenvalue weighted by molar-refractivity contribution is 6.22. The quantitative estimate of drug-likeness (QED) is 0.670. The zero-order valence-corrected chi connectivity index (χ0v) is 15.3. The molecular formula is C20H23N3O3. The van der Waals surface area contributed by atoms with E-state index in [2.05, 4.69) is 31.3 Å². The van der Waals surface area contributed by atoms with Gasteiger partial charge in [0.15, 0.2) is 0 Å². The van der Waals surface area contributed by atoms with E-state index in [1.54, 1.807) is 24.3 Å². The number of imide groups is 1. The van der Waals surface area contributed by atoms with Crippen LogP contribution in [0.4, 0.5) is 0 Å². The maximum Gasteiger partial charge on any atom is 0.262 e. The fourth-order valence-corrected chi connectivity index (χ4v) is 4.79. The van der Waals surface area contributed by atoms with Crippen molar-refractivity contribution in [1.82, 2.24) is 10.3 Å². The van der Waals surface area contributed by atoms with Gasteiger partial charge in [-0.05, 0) is 42.7 Å². The molecule has 0 aromatic heterocycles. The molecule has 1 aromatic carbocycles. The van der Waals surface area contributed by atoms with Crippen LogP contribution < -0.4 is 5.43 Å². The van der Waals surface area contributed by atoms with Crippen LogP contribution in [-0.4, -0.2) is 34.9 Å². The largest absolute Gasteiger partial charge is 0.271 e. The van der Waals surface area contributed by atoms with Crippen LogP contribution in [0.15, 0.2) is 29.4 Å². The average molecular weight is 353 g/mol. The third-order valence-electron chi connectivity index (χ3n) is 7.01. The number of rotatable bonds is 3. The van der Waals surface area contributed by atoms with Crippen LogP contribution in [0.25, 0.3) is 0 Å². The molecule has 2 bridgehead atoms. The standard InChI is InChI=1S/C20H23N3O3/c1-19(2)12-8-9-20(19,3)15(10-12)21-22-16(24)11-23-17(25)13-6-4-5-7-14(13)18(23)26/h4-7,12H,8-11H2,1-3H3,(H,22,24)/b21-15+/t12-,20+/m1/s1. The second-order valence-corrected chi connectivity index (χ2v) is 8.33. The predicted octanol–water partition coefficient (Wildman–Crippen LogP) is 2.60. The summed E-state index contributed by atoms with van der Waals surface area (Å²) in [6, 6.07) is 6.62. The summed E-state index contributed by atoms with van der Waals surface area (Å²) in [6.07, 6.45) is 3.18. The molecule has 0 radical (unpaired) electrons. The molecule has 0 unspecified atom stereocenters. The minimum atomic E-state index is -0.448. The van der Waals surface area contributed by atoms with Crippen molar-refractivity contribution in [3.63, 3.8) is 0 Å². The minimum Gasteiger partial charge on any atom is -0.271 e. The van der Waals surface area contributed by atoms with Crippen molar-refractivity contribution >= 4 is 23.4 Å². The molecule has 1 N–H and O–H groups in total. The molecule has 1 aromatic rings. The second-order valence-electron chi connectivity index (χ2n) is 8.33. The number of nitrogens with zero attached hydrogens (tertiary/aromatic N) is 2. The van der Waals surface area contributed by atoms with E-state index >= 15 is 0 Å². The molecule has 2 atom stereocenters. The third-order valence-corrected chi connectivity index (χ3v) is 7.01. The third kappa shape index (κ3) is 2.17. The summed E-state index contributed by atoms with van der Waals surface area (Å²) in [4.78, 5) is 37.9. The summed E-state index contributed by atoms with van der Waals surface area (Å²) < 4.78 is 0. The van der Waals surface area contributed by atoms with Crippen molar-refractivity contribution in [2.75, 3.05) is 6.54 Å². The summed E-state index contributed by atoms with van der Waals surface area (Å²) in [5, 5.41) is 4.38. The van der Waals surface area contributed by atoms with E-state index in [1.165, 1.54) is 6.42 Å². The van der Waals surface area contributed by atoms with Gasteiger partial charge in [0.05, 0.1) is 11.1 Å². The summed E-state index contributed by atoms with van der Waals surface area (Å²) >= 11 is 0. The number of carbonyl (C=O) groups is 3. The van der Waals surface area contributed by atoms with Gasteiger partial charge in [-0.15, -0.1) is 0 Å². The Morgan fingerprint density at radius 1 is 1.19 bits per heavy atom. The van der Waals surface area contributed by atoms with Gasteiger partial charge in [0.1, 0.15) is 6.54 Å². The molecule has 0 saturated heterocycles. The highest BCUT2D eigenvalue weighted by Crippen LogP contribution is 2.63. The topological polar surface area (TPSA) is 78.8 Å². The molecule has 3 aliphatic rings. The molecule has 4 rings (SSSR count). The van der Waals surface area contributed by atoms with Crippen LogP contribution >= 0.6 is 0 Å². The lowest BCUT2D eigenvalue weighted by molar-refractivity contribution is -0.121. The Labute approximate surface area is 152 Å². The normalized spacial score (nSPS) is 30.2. The summed E-state index contributed by atoms with van der Waals surface area (Å²) in [7, 11) is 0. The van der Waals surface area contributed by atoms with Crippen LogP contribution in [0.3, 0.4) is 0 Å². The van der Waals surface area contributed by atoms with Gasteiger partial charge < -0.3 is 0 Å². The Kier molecular flexibility index (Phi) is 3.58. The van der Waals surface area contributed by atoms with Crippen molar-refractivity contribution in [1.29, 1.82) is 0 Å². The number of amides is 3. The van der Waals surface area contributed by atoms with E-state index in [-0.39, 0.29) is 17.4 Å². The Morgan fingerprint density at radius 2 is 1.81 bits per heavy atom. The minimum absolute atomic E-state index is 0.000462. The molecule has 6 nitrogen and oxygen atoms in total. The lowest BCUT2D eigenvalue weighted by Gasteiger charge is -2.34. The summed E-state index contributed by atoms with van der Waals surface area (Å²) in [5.41, 5.74) is 4.47. The molecule has 6 heteroatoms. The second kappa shape index (κ2) is 5.50. The van der Waals surface area contributed by atoms with E-state index in [0.717, 1.165) is 23.5 Å². The van der Waals surface area contributed by atoms with Gasteiger partial charge in [0.2, 0.25) is 0 Å². The summed E-state index contributed by atoms with van der Waals surface area (Å²) in [6.45, 7) is 6.45. The number of benzene rings is 1. The maximum atomic E-state index is 12.3. The first-order valence-corrected chi connectivity index (χ1v) is 9.07. The van der Waals surface area contributed by atoms with Crippen molar-refractivity contribution in [3.05, 3.63) is 35.4 Å². The fraction of sp³-hybridized carbons (Fsp3) is 0.500. The van der Waals surface area contributed by atoms with Crippen LogP contribution in [0.5, 0.6) is 0 Å². The van der Waals surface area contributed by atoms with Crippen molar-refractivity contribution in [3.8, 4) is 0 Å². The molecular weight excluding hydrogens is 330 g/mol. The Morgan fingerprint density at radius 3 is 2.31 bits per heavy atom. The van der Waals surface area contributed by atoms with Gasteiger partial charge in [-0.2, -0.15) is 5.10 Å². The van der Waals surface area contributed by atoms with Crippen LogP contribution in [0, 0.1) is 16.7 Å².